The average Bonchev–Trinajstić information content (AvgIpc) is 2.45. The minimum atomic E-state index is -1.40. The van der Waals surface area contributed by atoms with Gasteiger partial charge >= 0.3 is 6.09 Å². The monoisotopic (exact) mass is 328 g/mol. The summed E-state index contributed by atoms with van der Waals surface area (Å²) in [7, 11) is 0. The third kappa shape index (κ3) is 6.52. The maximum absolute atomic E-state index is 13.8. The Labute approximate surface area is 135 Å². The molecular formula is C16H25FN2O4. The van der Waals surface area contributed by atoms with Crippen LogP contribution in [-0.2, 0) is 11.3 Å². The molecule has 0 aliphatic rings. The summed E-state index contributed by atoms with van der Waals surface area (Å²) in [6.07, 6.45) is -3.20. The molecule has 0 aliphatic heterocycles. The molecular weight excluding hydrogens is 303 g/mol. The van der Waals surface area contributed by atoms with E-state index in [-0.39, 0.29) is 25.1 Å². The third-order valence-corrected chi connectivity index (χ3v) is 3.09. The van der Waals surface area contributed by atoms with Crippen molar-refractivity contribution in [1.82, 2.24) is 5.32 Å². The lowest BCUT2D eigenvalue weighted by Crippen LogP contribution is -2.34. The van der Waals surface area contributed by atoms with Crippen molar-refractivity contribution < 1.29 is 24.1 Å². The first-order valence-electron chi connectivity index (χ1n) is 7.45. The van der Waals surface area contributed by atoms with Crippen molar-refractivity contribution in [3.63, 3.8) is 0 Å². The molecule has 130 valence electrons. The first-order chi connectivity index (χ1) is 10.6. The lowest BCUT2D eigenvalue weighted by Gasteiger charge is -2.21. The van der Waals surface area contributed by atoms with Crippen LogP contribution in [0.4, 0.5) is 9.18 Å². The molecule has 0 spiro atoms. The van der Waals surface area contributed by atoms with Gasteiger partial charge < -0.3 is 26.0 Å². The molecule has 1 amide bonds. The molecule has 2 unspecified atom stereocenters. The van der Waals surface area contributed by atoms with Crippen LogP contribution in [0.15, 0.2) is 18.2 Å². The lowest BCUT2D eigenvalue weighted by atomic mass is 9.99. The molecule has 0 aromatic heterocycles. The fourth-order valence-electron chi connectivity index (χ4n) is 1.95. The summed E-state index contributed by atoms with van der Waals surface area (Å²) in [4.78, 5) is 11.5. The molecule has 1 aromatic rings. The Hall–Kier alpha value is -1.70. The van der Waals surface area contributed by atoms with Gasteiger partial charge in [0.25, 0.3) is 0 Å². The molecule has 2 atom stereocenters. The van der Waals surface area contributed by atoms with Crippen molar-refractivity contribution in [3.05, 3.63) is 35.1 Å². The SMILES string of the molecule is CC(C)(C)OC(=O)NCCC(O)C(O)c1cc(CN)ccc1F. The maximum atomic E-state index is 13.8. The molecule has 0 saturated carbocycles. The van der Waals surface area contributed by atoms with Gasteiger partial charge in [-0.2, -0.15) is 0 Å². The molecule has 0 heterocycles. The van der Waals surface area contributed by atoms with Crippen molar-refractivity contribution in [2.75, 3.05) is 6.54 Å². The number of alkyl carbamates (subject to hydrolysis) is 1. The van der Waals surface area contributed by atoms with Gasteiger partial charge in [-0.25, -0.2) is 9.18 Å². The number of amides is 1. The third-order valence-electron chi connectivity index (χ3n) is 3.09. The number of rotatable bonds is 6. The van der Waals surface area contributed by atoms with E-state index in [2.05, 4.69) is 5.32 Å². The number of benzene rings is 1. The van der Waals surface area contributed by atoms with Gasteiger partial charge in [-0.3, -0.25) is 0 Å². The van der Waals surface area contributed by atoms with Crippen LogP contribution >= 0.6 is 0 Å². The second kappa shape index (κ2) is 8.24. The first kappa shape index (κ1) is 19.3. The molecule has 6 nitrogen and oxygen atoms in total. The molecule has 0 aliphatic carbocycles. The number of nitrogens with two attached hydrogens (primary N) is 1. The summed E-state index contributed by atoms with van der Waals surface area (Å²) in [5.41, 5.74) is 5.50. The highest BCUT2D eigenvalue weighted by Crippen LogP contribution is 2.23. The van der Waals surface area contributed by atoms with Crippen LogP contribution < -0.4 is 11.1 Å². The van der Waals surface area contributed by atoms with Gasteiger partial charge in [-0.15, -0.1) is 0 Å². The second-order valence-corrected chi connectivity index (χ2v) is 6.29. The number of hydrogen-bond acceptors (Lipinski definition) is 5. The quantitative estimate of drug-likeness (QED) is 0.635. The number of carbonyl (C=O) groups excluding carboxylic acids is 1. The van der Waals surface area contributed by atoms with Crippen molar-refractivity contribution in [2.45, 2.75) is 51.5 Å². The van der Waals surface area contributed by atoms with Gasteiger partial charge in [0.2, 0.25) is 0 Å². The number of halogens is 1. The number of hydrogen-bond donors (Lipinski definition) is 4. The molecule has 1 rings (SSSR count). The fourth-order valence-corrected chi connectivity index (χ4v) is 1.95. The van der Waals surface area contributed by atoms with Gasteiger partial charge in [0, 0.05) is 18.7 Å². The highest BCUT2D eigenvalue weighted by atomic mass is 19.1. The number of aliphatic hydroxyl groups excluding tert-OH is 2. The molecule has 0 saturated heterocycles. The van der Waals surface area contributed by atoms with Crippen LogP contribution in [0.2, 0.25) is 0 Å². The van der Waals surface area contributed by atoms with Crippen LogP contribution in [0.25, 0.3) is 0 Å². The summed E-state index contributed by atoms with van der Waals surface area (Å²) in [6, 6.07) is 4.14. The van der Waals surface area contributed by atoms with E-state index in [9.17, 15) is 19.4 Å². The zero-order chi connectivity index (χ0) is 17.6. The van der Waals surface area contributed by atoms with E-state index in [4.69, 9.17) is 10.5 Å². The van der Waals surface area contributed by atoms with E-state index in [1.54, 1.807) is 20.8 Å². The zero-order valence-electron chi connectivity index (χ0n) is 13.7. The number of ether oxygens (including phenoxy) is 1. The van der Waals surface area contributed by atoms with E-state index >= 15 is 0 Å². The van der Waals surface area contributed by atoms with Crippen molar-refractivity contribution >= 4 is 6.09 Å². The minimum absolute atomic E-state index is 0.0160. The number of aliphatic hydroxyl groups is 2. The summed E-state index contributed by atoms with van der Waals surface area (Å²) in [5, 5.41) is 22.5. The molecule has 0 fully saturated rings. The largest absolute Gasteiger partial charge is 0.444 e. The van der Waals surface area contributed by atoms with Gasteiger partial charge in [-0.05, 0) is 44.9 Å². The Kier molecular flexibility index (Phi) is 6.93. The maximum Gasteiger partial charge on any atom is 0.407 e. The highest BCUT2D eigenvalue weighted by Gasteiger charge is 2.22. The van der Waals surface area contributed by atoms with Crippen molar-refractivity contribution in [3.8, 4) is 0 Å². The Morgan fingerprint density at radius 1 is 1.39 bits per heavy atom. The standard InChI is InChI=1S/C16H25FN2O4/c1-16(2,3)23-15(22)19-7-6-13(20)14(21)11-8-10(9-18)4-5-12(11)17/h4-5,8,13-14,20-21H,6-7,9,18H2,1-3H3,(H,19,22). The summed E-state index contributed by atoms with van der Waals surface area (Å²) >= 11 is 0. The Balaban J connectivity index is 2.54. The van der Waals surface area contributed by atoms with Crippen molar-refractivity contribution in [1.29, 1.82) is 0 Å². The Morgan fingerprint density at radius 3 is 2.61 bits per heavy atom. The second-order valence-electron chi connectivity index (χ2n) is 6.29. The lowest BCUT2D eigenvalue weighted by molar-refractivity contribution is 0.0103. The van der Waals surface area contributed by atoms with E-state index in [1.165, 1.54) is 18.2 Å². The molecule has 0 radical (unpaired) electrons. The van der Waals surface area contributed by atoms with Crippen LogP contribution in [0.5, 0.6) is 0 Å². The fraction of sp³-hybridized carbons (Fsp3) is 0.562. The van der Waals surface area contributed by atoms with Crippen LogP contribution in [-0.4, -0.2) is 34.6 Å². The summed E-state index contributed by atoms with van der Waals surface area (Å²) < 4.78 is 18.8. The molecule has 0 bridgehead atoms. The predicted molar refractivity (Wildman–Crippen MR) is 84.1 cm³/mol. The number of carbonyl (C=O) groups is 1. The van der Waals surface area contributed by atoms with Crippen molar-refractivity contribution in [2.24, 2.45) is 5.73 Å². The molecule has 23 heavy (non-hydrogen) atoms. The molecule has 5 N–H and O–H groups in total. The number of nitrogens with one attached hydrogen (secondary N) is 1. The van der Waals surface area contributed by atoms with E-state index in [1.807, 2.05) is 0 Å². The summed E-state index contributed by atoms with van der Waals surface area (Å²) in [5.74, 6) is -0.617. The van der Waals surface area contributed by atoms with E-state index in [0.29, 0.717) is 5.56 Å². The van der Waals surface area contributed by atoms with E-state index in [0.717, 1.165) is 0 Å². The molecule has 1 aromatic carbocycles. The smallest absolute Gasteiger partial charge is 0.407 e. The van der Waals surface area contributed by atoms with E-state index < -0.39 is 29.7 Å². The first-order valence-corrected chi connectivity index (χ1v) is 7.45. The van der Waals surface area contributed by atoms with Gasteiger partial charge in [0.1, 0.15) is 17.5 Å². The Bertz CT molecular complexity index is 531. The highest BCUT2D eigenvalue weighted by molar-refractivity contribution is 5.67. The van der Waals surface area contributed by atoms with Crippen LogP contribution in [0, 0.1) is 5.82 Å². The van der Waals surface area contributed by atoms with Gasteiger partial charge in [-0.1, -0.05) is 6.07 Å². The average molecular weight is 328 g/mol. The predicted octanol–water partition coefficient (Wildman–Crippen LogP) is 1.59. The normalized spacial score (nSPS) is 14.2. The zero-order valence-corrected chi connectivity index (χ0v) is 13.7. The van der Waals surface area contributed by atoms with Crippen LogP contribution in [0.3, 0.4) is 0 Å². The Morgan fingerprint density at radius 2 is 2.04 bits per heavy atom. The topological polar surface area (TPSA) is 105 Å². The van der Waals surface area contributed by atoms with Crippen LogP contribution in [0.1, 0.15) is 44.4 Å². The molecule has 7 heteroatoms. The van der Waals surface area contributed by atoms with Gasteiger partial charge in [0.15, 0.2) is 0 Å². The summed E-state index contributed by atoms with van der Waals surface area (Å²) in [6.45, 7) is 5.50. The minimum Gasteiger partial charge on any atom is -0.444 e. The van der Waals surface area contributed by atoms with Gasteiger partial charge in [0.05, 0.1) is 6.10 Å².